The first-order valence-electron chi connectivity index (χ1n) is 15.2. The monoisotopic (exact) mass is 626 g/mol. The van der Waals surface area contributed by atoms with E-state index in [2.05, 4.69) is 12.1 Å². The van der Waals surface area contributed by atoms with Crippen LogP contribution in [0, 0.1) is 0 Å². The summed E-state index contributed by atoms with van der Waals surface area (Å²) in [6.07, 6.45) is 1.30. The van der Waals surface area contributed by atoms with Crippen molar-refractivity contribution in [1.29, 1.82) is 0 Å². The van der Waals surface area contributed by atoms with Crippen molar-refractivity contribution < 1.29 is 35.4 Å². The molecule has 1 unspecified atom stereocenters. The van der Waals surface area contributed by atoms with Crippen LogP contribution in [0.4, 0.5) is 0 Å². The number of phenolic OH excluding ortho intramolecular Hbond substituents is 6. The van der Waals surface area contributed by atoms with Gasteiger partial charge in [-0.3, -0.25) is 0 Å². The van der Waals surface area contributed by atoms with Crippen molar-refractivity contribution in [3.05, 3.63) is 173 Å². The summed E-state index contributed by atoms with van der Waals surface area (Å²) in [5, 5.41) is 58.1. The number of ether oxygens (including phenoxy) is 1. The lowest BCUT2D eigenvalue weighted by Gasteiger charge is -2.36. The van der Waals surface area contributed by atoms with Gasteiger partial charge in [0.25, 0.3) is 0 Å². The van der Waals surface area contributed by atoms with Gasteiger partial charge in [-0.05, 0) is 95.3 Å². The molecular formula is C40H34O7. The van der Waals surface area contributed by atoms with Crippen LogP contribution in [0.1, 0.15) is 45.9 Å². The van der Waals surface area contributed by atoms with Gasteiger partial charge < -0.3 is 35.4 Å². The SMILES string of the molecule is Oc1ccc(C(c2ccccc2)(c2ccc(O)cc2)c2ccc(O)cc2)cc1.Oc1ccc(C2CCc3ccc(O)cc3O2)c(O)c1. The van der Waals surface area contributed by atoms with E-state index in [9.17, 15) is 30.6 Å². The Kier molecular flexibility index (Phi) is 8.62. The van der Waals surface area contributed by atoms with Gasteiger partial charge in [0.15, 0.2) is 0 Å². The number of phenols is 6. The van der Waals surface area contributed by atoms with Crippen molar-refractivity contribution in [1.82, 2.24) is 0 Å². The minimum absolute atomic E-state index is 0.0219. The molecule has 7 heteroatoms. The Morgan fingerprint density at radius 2 is 0.915 bits per heavy atom. The third-order valence-corrected chi connectivity index (χ3v) is 8.46. The largest absolute Gasteiger partial charge is 0.508 e. The van der Waals surface area contributed by atoms with Gasteiger partial charge in [0, 0.05) is 17.7 Å². The van der Waals surface area contributed by atoms with Crippen molar-refractivity contribution in [2.75, 3.05) is 0 Å². The topological polar surface area (TPSA) is 131 Å². The third kappa shape index (κ3) is 6.37. The van der Waals surface area contributed by atoms with Gasteiger partial charge in [-0.1, -0.05) is 72.8 Å². The van der Waals surface area contributed by atoms with Crippen LogP contribution in [-0.2, 0) is 11.8 Å². The molecular weight excluding hydrogens is 592 g/mol. The van der Waals surface area contributed by atoms with Gasteiger partial charge in [0.05, 0.1) is 5.41 Å². The predicted molar refractivity (Wildman–Crippen MR) is 179 cm³/mol. The summed E-state index contributed by atoms with van der Waals surface area (Å²) in [5.74, 6) is 1.44. The fourth-order valence-electron chi connectivity index (χ4n) is 6.20. The highest BCUT2D eigenvalue weighted by Crippen LogP contribution is 2.46. The van der Waals surface area contributed by atoms with Crippen molar-refractivity contribution in [3.8, 4) is 40.2 Å². The number of fused-ring (bicyclic) bond motifs is 1. The highest BCUT2D eigenvalue weighted by molar-refractivity contribution is 5.61. The van der Waals surface area contributed by atoms with E-state index in [1.807, 2.05) is 60.7 Å². The van der Waals surface area contributed by atoms with Crippen LogP contribution in [0.25, 0.3) is 0 Å². The Morgan fingerprint density at radius 3 is 1.43 bits per heavy atom. The fourth-order valence-corrected chi connectivity index (χ4v) is 6.20. The van der Waals surface area contributed by atoms with E-state index in [1.165, 1.54) is 12.1 Å². The van der Waals surface area contributed by atoms with Crippen molar-refractivity contribution >= 4 is 0 Å². The second-order valence-electron chi connectivity index (χ2n) is 11.4. The Labute approximate surface area is 272 Å². The summed E-state index contributed by atoms with van der Waals surface area (Å²) in [4.78, 5) is 0. The van der Waals surface area contributed by atoms with E-state index in [-0.39, 0.29) is 40.6 Å². The molecule has 0 aliphatic carbocycles. The van der Waals surface area contributed by atoms with E-state index in [0.29, 0.717) is 11.3 Å². The van der Waals surface area contributed by atoms with E-state index < -0.39 is 5.41 Å². The van der Waals surface area contributed by atoms with E-state index in [0.717, 1.165) is 40.7 Å². The van der Waals surface area contributed by atoms with Gasteiger partial charge in [0.1, 0.15) is 46.4 Å². The molecule has 7 nitrogen and oxygen atoms in total. The minimum atomic E-state index is -0.684. The van der Waals surface area contributed by atoms with Crippen molar-refractivity contribution in [2.45, 2.75) is 24.4 Å². The summed E-state index contributed by atoms with van der Waals surface area (Å²) in [6.45, 7) is 0. The molecule has 0 bridgehead atoms. The molecule has 7 rings (SSSR count). The van der Waals surface area contributed by atoms with E-state index >= 15 is 0 Å². The van der Waals surface area contributed by atoms with Crippen LogP contribution in [0.2, 0.25) is 0 Å². The Hall–Kier alpha value is -6.08. The lowest BCUT2D eigenvalue weighted by atomic mass is 9.65. The summed E-state index contributed by atoms with van der Waals surface area (Å²) >= 11 is 0. The number of benzene rings is 6. The van der Waals surface area contributed by atoms with Crippen molar-refractivity contribution in [3.63, 3.8) is 0 Å². The zero-order chi connectivity index (χ0) is 33.0. The van der Waals surface area contributed by atoms with Gasteiger partial charge in [-0.2, -0.15) is 0 Å². The smallest absolute Gasteiger partial charge is 0.128 e. The number of hydrogen-bond acceptors (Lipinski definition) is 7. The second kappa shape index (κ2) is 13.1. The molecule has 6 N–H and O–H groups in total. The molecule has 47 heavy (non-hydrogen) atoms. The maximum Gasteiger partial charge on any atom is 0.128 e. The van der Waals surface area contributed by atoms with Gasteiger partial charge in [0.2, 0.25) is 0 Å². The number of aromatic hydroxyl groups is 6. The van der Waals surface area contributed by atoms with Crippen LogP contribution >= 0.6 is 0 Å². The quantitative estimate of drug-likeness (QED) is 0.107. The van der Waals surface area contributed by atoms with E-state index in [4.69, 9.17) is 4.74 Å². The number of hydrogen-bond donors (Lipinski definition) is 6. The first-order chi connectivity index (χ1) is 22.7. The molecule has 0 amide bonds. The van der Waals surface area contributed by atoms with Crippen LogP contribution in [0.15, 0.2) is 140 Å². The predicted octanol–water partition coefficient (Wildman–Crippen LogP) is 8.06. The van der Waals surface area contributed by atoms with Gasteiger partial charge >= 0.3 is 0 Å². The molecule has 6 aromatic carbocycles. The Bertz CT molecular complexity index is 1840. The van der Waals surface area contributed by atoms with Crippen LogP contribution in [0.5, 0.6) is 40.2 Å². The average molecular weight is 627 g/mol. The summed E-state index contributed by atoms with van der Waals surface area (Å²) in [5.41, 5.74) is 4.95. The number of rotatable bonds is 5. The minimum Gasteiger partial charge on any atom is -0.508 e. The molecule has 1 atom stereocenters. The normalized spacial score (nSPS) is 13.8. The van der Waals surface area contributed by atoms with E-state index in [1.54, 1.807) is 54.6 Å². The van der Waals surface area contributed by atoms with Gasteiger partial charge in [-0.15, -0.1) is 0 Å². The lowest BCUT2D eigenvalue weighted by molar-refractivity contribution is 0.172. The van der Waals surface area contributed by atoms with Gasteiger partial charge in [-0.25, -0.2) is 0 Å². The first kappa shape index (κ1) is 30.9. The molecule has 0 saturated heterocycles. The van der Waals surface area contributed by atoms with Crippen LogP contribution in [-0.4, -0.2) is 30.6 Å². The maximum atomic E-state index is 9.86. The summed E-state index contributed by atoms with van der Waals surface area (Å²) in [6, 6.07) is 41.1. The van der Waals surface area contributed by atoms with Crippen LogP contribution in [0.3, 0.4) is 0 Å². The standard InChI is InChI=1S/C25H20O3.C15H14O4/c26-22-12-6-19(7-13-22)25(18-4-2-1-3-5-18,20-8-14-23(27)15-9-20)21-10-16-24(28)17-11-21;16-10-4-5-12(13(18)7-10)14-6-2-9-1-3-11(17)8-15(9)19-14/h1-17,26-28H;1,3-5,7-8,14,16-18H,2,6H2. The zero-order valence-electron chi connectivity index (χ0n) is 25.4. The molecule has 1 aliphatic heterocycles. The molecule has 1 aliphatic rings. The van der Waals surface area contributed by atoms with Crippen LogP contribution < -0.4 is 4.74 Å². The molecule has 236 valence electrons. The molecule has 1 heterocycles. The average Bonchev–Trinajstić information content (AvgIpc) is 3.08. The molecule has 0 aromatic heterocycles. The highest BCUT2D eigenvalue weighted by Gasteiger charge is 2.38. The second-order valence-corrected chi connectivity index (χ2v) is 11.4. The molecule has 0 spiro atoms. The molecule has 0 saturated carbocycles. The third-order valence-electron chi connectivity index (χ3n) is 8.46. The Morgan fingerprint density at radius 1 is 0.468 bits per heavy atom. The van der Waals surface area contributed by atoms with Crippen molar-refractivity contribution in [2.24, 2.45) is 0 Å². The first-order valence-corrected chi connectivity index (χ1v) is 15.2. The molecule has 6 aromatic rings. The zero-order valence-corrected chi connectivity index (χ0v) is 25.4. The fraction of sp³-hybridized carbons (Fsp3) is 0.100. The maximum absolute atomic E-state index is 9.86. The summed E-state index contributed by atoms with van der Waals surface area (Å²) in [7, 11) is 0. The number of aryl methyl sites for hydroxylation is 1. The lowest BCUT2D eigenvalue weighted by Crippen LogP contribution is -2.30. The molecule has 0 radical (unpaired) electrons. The highest BCUT2D eigenvalue weighted by atomic mass is 16.5. The Balaban J connectivity index is 0.000000177. The summed E-state index contributed by atoms with van der Waals surface area (Å²) < 4.78 is 5.82. The molecule has 0 fully saturated rings.